The van der Waals surface area contributed by atoms with Crippen LogP contribution in [0.25, 0.3) is 10.9 Å². The monoisotopic (exact) mass is 303 g/mol. The zero-order chi connectivity index (χ0) is 14.8. The average molecular weight is 304 g/mol. The smallest absolute Gasteiger partial charge is 0.0740 e. The summed E-state index contributed by atoms with van der Waals surface area (Å²) in [6.45, 7) is 5.10. The summed E-state index contributed by atoms with van der Waals surface area (Å²) in [6, 6.07) is 8.83. The molecule has 3 nitrogen and oxygen atoms in total. The van der Waals surface area contributed by atoms with Gasteiger partial charge < -0.3 is 5.32 Å². The number of hydrogen-bond donors (Lipinski definition) is 1. The molecule has 1 N–H and O–H groups in total. The molecule has 0 bridgehead atoms. The SMILES string of the molecule is CNCC1CCCN1Cc1nc2ccccc2c(C)c1Cl. The molecule has 0 radical (unpaired) electrons. The maximum atomic E-state index is 6.57. The Kier molecular flexibility index (Phi) is 4.43. The fourth-order valence-electron chi connectivity index (χ4n) is 3.28. The Morgan fingerprint density at radius 1 is 1.38 bits per heavy atom. The lowest BCUT2D eigenvalue weighted by Gasteiger charge is -2.24. The minimum absolute atomic E-state index is 0.597. The Bertz CT molecular complexity index is 641. The number of para-hydroxylation sites is 1. The maximum Gasteiger partial charge on any atom is 0.0740 e. The summed E-state index contributed by atoms with van der Waals surface area (Å²) in [6.07, 6.45) is 2.52. The minimum Gasteiger partial charge on any atom is -0.318 e. The van der Waals surface area contributed by atoms with Gasteiger partial charge in [-0.2, -0.15) is 0 Å². The molecule has 1 saturated heterocycles. The molecule has 21 heavy (non-hydrogen) atoms. The van der Waals surface area contributed by atoms with E-state index in [0.717, 1.165) is 46.8 Å². The van der Waals surface area contributed by atoms with Gasteiger partial charge in [-0.15, -0.1) is 0 Å². The zero-order valence-corrected chi connectivity index (χ0v) is 13.5. The second-order valence-electron chi connectivity index (χ2n) is 5.84. The average Bonchev–Trinajstić information content (AvgIpc) is 2.92. The first-order chi connectivity index (χ1) is 10.2. The summed E-state index contributed by atoms with van der Waals surface area (Å²) in [5, 5.41) is 5.26. The van der Waals surface area contributed by atoms with E-state index in [-0.39, 0.29) is 0 Å². The largest absolute Gasteiger partial charge is 0.318 e. The van der Waals surface area contributed by atoms with Crippen molar-refractivity contribution in [2.24, 2.45) is 0 Å². The highest BCUT2D eigenvalue weighted by Crippen LogP contribution is 2.29. The van der Waals surface area contributed by atoms with E-state index in [1.807, 2.05) is 19.2 Å². The van der Waals surface area contributed by atoms with Crippen molar-refractivity contribution < 1.29 is 0 Å². The number of pyridine rings is 1. The number of halogens is 1. The van der Waals surface area contributed by atoms with Gasteiger partial charge >= 0.3 is 0 Å². The highest BCUT2D eigenvalue weighted by atomic mass is 35.5. The first kappa shape index (κ1) is 14.8. The van der Waals surface area contributed by atoms with Gasteiger partial charge in [-0.05, 0) is 45.0 Å². The van der Waals surface area contributed by atoms with Crippen LogP contribution >= 0.6 is 11.6 Å². The van der Waals surface area contributed by atoms with E-state index in [0.29, 0.717) is 6.04 Å². The molecule has 0 amide bonds. The van der Waals surface area contributed by atoms with Gasteiger partial charge in [-0.3, -0.25) is 4.90 Å². The van der Waals surface area contributed by atoms with E-state index in [1.54, 1.807) is 0 Å². The van der Waals surface area contributed by atoms with Crippen molar-refractivity contribution in [2.45, 2.75) is 32.4 Å². The summed E-state index contributed by atoms with van der Waals surface area (Å²) in [4.78, 5) is 7.30. The van der Waals surface area contributed by atoms with Crippen molar-refractivity contribution in [2.75, 3.05) is 20.1 Å². The van der Waals surface area contributed by atoms with Crippen LogP contribution in [0.15, 0.2) is 24.3 Å². The van der Waals surface area contributed by atoms with Crippen molar-refractivity contribution in [3.8, 4) is 0 Å². The third-order valence-electron chi connectivity index (χ3n) is 4.44. The Morgan fingerprint density at radius 3 is 3.00 bits per heavy atom. The van der Waals surface area contributed by atoms with Crippen LogP contribution in [-0.2, 0) is 6.54 Å². The van der Waals surface area contributed by atoms with Crippen molar-refractivity contribution in [3.63, 3.8) is 0 Å². The molecule has 3 rings (SSSR count). The molecule has 0 aliphatic carbocycles. The number of aromatic nitrogens is 1. The van der Waals surface area contributed by atoms with E-state index in [4.69, 9.17) is 16.6 Å². The molecule has 0 saturated carbocycles. The summed E-state index contributed by atoms with van der Waals surface area (Å²) >= 11 is 6.57. The summed E-state index contributed by atoms with van der Waals surface area (Å²) in [5.74, 6) is 0. The molecule has 1 aromatic carbocycles. The second kappa shape index (κ2) is 6.30. The lowest BCUT2D eigenvalue weighted by molar-refractivity contribution is 0.240. The number of likely N-dealkylation sites (tertiary alicyclic amines) is 1. The molecule has 112 valence electrons. The quantitative estimate of drug-likeness (QED) is 0.938. The number of likely N-dealkylation sites (N-methyl/N-ethyl adjacent to an activating group) is 1. The molecule has 1 aliphatic rings. The first-order valence-corrected chi connectivity index (χ1v) is 8.01. The molecule has 1 unspecified atom stereocenters. The topological polar surface area (TPSA) is 28.2 Å². The number of nitrogens with zero attached hydrogens (tertiary/aromatic N) is 2. The Balaban J connectivity index is 1.92. The number of aryl methyl sites for hydroxylation is 1. The van der Waals surface area contributed by atoms with E-state index >= 15 is 0 Å². The van der Waals surface area contributed by atoms with Crippen LogP contribution in [0.2, 0.25) is 5.02 Å². The van der Waals surface area contributed by atoms with E-state index in [9.17, 15) is 0 Å². The molecular weight excluding hydrogens is 282 g/mol. The molecule has 1 aromatic heterocycles. The van der Waals surface area contributed by atoms with Crippen molar-refractivity contribution >= 4 is 22.5 Å². The van der Waals surface area contributed by atoms with Gasteiger partial charge in [0.2, 0.25) is 0 Å². The number of nitrogens with one attached hydrogen (secondary N) is 1. The summed E-state index contributed by atoms with van der Waals surface area (Å²) in [7, 11) is 2.02. The number of benzene rings is 1. The Hall–Kier alpha value is -1.16. The predicted molar refractivity (Wildman–Crippen MR) is 88.8 cm³/mol. The lowest BCUT2D eigenvalue weighted by Crippen LogP contribution is -2.36. The predicted octanol–water partition coefficient (Wildman–Crippen LogP) is 3.38. The molecule has 1 atom stereocenters. The van der Waals surface area contributed by atoms with Crippen LogP contribution in [0.4, 0.5) is 0 Å². The Morgan fingerprint density at radius 2 is 2.19 bits per heavy atom. The number of hydrogen-bond acceptors (Lipinski definition) is 3. The zero-order valence-electron chi connectivity index (χ0n) is 12.7. The van der Waals surface area contributed by atoms with Crippen LogP contribution in [0.5, 0.6) is 0 Å². The second-order valence-corrected chi connectivity index (χ2v) is 6.22. The molecule has 2 heterocycles. The van der Waals surface area contributed by atoms with Gasteiger partial charge in [0.15, 0.2) is 0 Å². The third kappa shape index (κ3) is 2.91. The van der Waals surface area contributed by atoms with Gasteiger partial charge in [0.25, 0.3) is 0 Å². The molecular formula is C17H22ClN3. The first-order valence-electron chi connectivity index (χ1n) is 7.63. The summed E-state index contributed by atoms with van der Waals surface area (Å²) < 4.78 is 0. The highest BCUT2D eigenvalue weighted by Gasteiger charge is 2.25. The van der Waals surface area contributed by atoms with Crippen molar-refractivity contribution in [1.82, 2.24) is 15.2 Å². The summed E-state index contributed by atoms with van der Waals surface area (Å²) in [5.41, 5.74) is 3.19. The molecule has 0 spiro atoms. The van der Waals surface area contributed by atoms with Gasteiger partial charge in [0.1, 0.15) is 0 Å². The van der Waals surface area contributed by atoms with Crippen molar-refractivity contribution in [3.05, 3.63) is 40.5 Å². The fourth-order valence-corrected chi connectivity index (χ4v) is 3.49. The normalized spacial score (nSPS) is 19.5. The van der Waals surface area contributed by atoms with E-state index < -0.39 is 0 Å². The lowest BCUT2D eigenvalue weighted by atomic mass is 10.1. The molecule has 1 aliphatic heterocycles. The van der Waals surface area contributed by atoms with Crippen LogP contribution < -0.4 is 5.32 Å². The van der Waals surface area contributed by atoms with Crippen molar-refractivity contribution in [1.29, 1.82) is 0 Å². The van der Waals surface area contributed by atoms with Crippen LogP contribution in [0, 0.1) is 6.92 Å². The van der Waals surface area contributed by atoms with Crippen LogP contribution in [0.3, 0.4) is 0 Å². The number of fused-ring (bicyclic) bond motifs is 1. The fraction of sp³-hybridized carbons (Fsp3) is 0.471. The van der Waals surface area contributed by atoms with Gasteiger partial charge in [-0.25, -0.2) is 4.98 Å². The Labute approximate surface area is 131 Å². The highest BCUT2D eigenvalue weighted by molar-refractivity contribution is 6.32. The van der Waals surface area contributed by atoms with Gasteiger partial charge in [-0.1, -0.05) is 29.8 Å². The third-order valence-corrected chi connectivity index (χ3v) is 4.94. The number of rotatable bonds is 4. The van der Waals surface area contributed by atoms with E-state index in [2.05, 4.69) is 29.3 Å². The van der Waals surface area contributed by atoms with E-state index in [1.165, 1.54) is 12.8 Å². The molecule has 4 heteroatoms. The van der Waals surface area contributed by atoms with Crippen LogP contribution in [-0.4, -0.2) is 36.1 Å². The molecule has 2 aromatic rings. The maximum absolute atomic E-state index is 6.57. The van der Waals surface area contributed by atoms with Gasteiger partial charge in [0, 0.05) is 24.5 Å². The minimum atomic E-state index is 0.597. The molecule has 1 fully saturated rings. The standard InChI is InChI=1S/C17H22ClN3/c1-12-14-7-3-4-8-15(14)20-16(17(12)18)11-21-9-5-6-13(21)10-19-2/h3-4,7-8,13,19H,5-6,9-11H2,1-2H3. The van der Waals surface area contributed by atoms with Crippen LogP contribution in [0.1, 0.15) is 24.1 Å². The van der Waals surface area contributed by atoms with Gasteiger partial charge in [0.05, 0.1) is 16.2 Å².